The molecule has 0 atom stereocenters. The van der Waals surface area contributed by atoms with Crippen LogP contribution in [0.4, 0.5) is 0 Å². The Kier molecular flexibility index (Phi) is 4.34. The van der Waals surface area contributed by atoms with Gasteiger partial charge in [0.2, 0.25) is 0 Å². The third-order valence-electron chi connectivity index (χ3n) is 3.28. The first-order valence-electron chi connectivity index (χ1n) is 6.63. The van der Waals surface area contributed by atoms with Gasteiger partial charge in [0.1, 0.15) is 11.5 Å². The molecule has 2 aromatic carbocycles. The van der Waals surface area contributed by atoms with Gasteiger partial charge in [0, 0.05) is 27.2 Å². The van der Waals surface area contributed by atoms with Crippen LogP contribution in [0.15, 0.2) is 45.8 Å². The van der Waals surface area contributed by atoms with Crippen LogP contribution in [0, 0.1) is 0 Å². The van der Waals surface area contributed by atoms with E-state index in [0.717, 1.165) is 34.5 Å². The van der Waals surface area contributed by atoms with E-state index in [1.807, 2.05) is 30.9 Å². The topological polar surface area (TPSA) is 21.3 Å². The Morgan fingerprint density at radius 1 is 1.25 bits per heavy atom. The van der Waals surface area contributed by atoms with Crippen molar-refractivity contribution in [1.82, 2.24) is 5.32 Å². The molecule has 0 radical (unpaired) electrons. The SMILES string of the molecule is CNCc1cc(Br)ccc1Oc1ccc2c(c1)CCS2. The molecule has 0 unspecified atom stereocenters. The molecule has 0 aromatic heterocycles. The molecule has 20 heavy (non-hydrogen) atoms. The van der Waals surface area contributed by atoms with Crippen LogP contribution in [0.1, 0.15) is 11.1 Å². The van der Waals surface area contributed by atoms with Gasteiger partial charge in [-0.3, -0.25) is 0 Å². The van der Waals surface area contributed by atoms with Gasteiger partial charge in [0.25, 0.3) is 0 Å². The fourth-order valence-corrected chi connectivity index (χ4v) is 3.79. The van der Waals surface area contributed by atoms with Gasteiger partial charge in [-0.2, -0.15) is 0 Å². The summed E-state index contributed by atoms with van der Waals surface area (Å²) < 4.78 is 7.14. The standard InChI is InChI=1S/C16H16BrNOS/c1-18-10-12-8-13(17)2-4-15(12)19-14-3-5-16-11(9-14)6-7-20-16/h2-5,8-9,18H,6-7,10H2,1H3. The maximum Gasteiger partial charge on any atom is 0.131 e. The van der Waals surface area contributed by atoms with Gasteiger partial charge < -0.3 is 10.1 Å². The molecule has 1 N–H and O–H groups in total. The minimum atomic E-state index is 0.787. The lowest BCUT2D eigenvalue weighted by Gasteiger charge is -2.12. The summed E-state index contributed by atoms with van der Waals surface area (Å²) in [6, 6.07) is 12.5. The van der Waals surface area contributed by atoms with E-state index < -0.39 is 0 Å². The molecule has 104 valence electrons. The Bertz CT molecular complexity index is 630. The zero-order chi connectivity index (χ0) is 13.9. The van der Waals surface area contributed by atoms with Crippen molar-refractivity contribution in [3.05, 3.63) is 52.0 Å². The van der Waals surface area contributed by atoms with Crippen molar-refractivity contribution in [3.63, 3.8) is 0 Å². The molecule has 0 aliphatic carbocycles. The minimum Gasteiger partial charge on any atom is -0.457 e. The first-order chi connectivity index (χ1) is 9.76. The van der Waals surface area contributed by atoms with Gasteiger partial charge in [-0.05, 0) is 55.4 Å². The smallest absolute Gasteiger partial charge is 0.131 e. The van der Waals surface area contributed by atoms with Crippen molar-refractivity contribution in [1.29, 1.82) is 0 Å². The molecule has 2 aromatic rings. The van der Waals surface area contributed by atoms with Gasteiger partial charge in [-0.15, -0.1) is 11.8 Å². The number of halogens is 1. The van der Waals surface area contributed by atoms with E-state index in [4.69, 9.17) is 4.74 Å². The minimum absolute atomic E-state index is 0.787. The van der Waals surface area contributed by atoms with Crippen LogP contribution >= 0.6 is 27.7 Å². The summed E-state index contributed by atoms with van der Waals surface area (Å²) >= 11 is 5.43. The summed E-state index contributed by atoms with van der Waals surface area (Å²) in [6.45, 7) is 0.787. The Morgan fingerprint density at radius 3 is 3.00 bits per heavy atom. The number of rotatable bonds is 4. The van der Waals surface area contributed by atoms with Crippen LogP contribution in [-0.4, -0.2) is 12.8 Å². The fraction of sp³-hybridized carbons (Fsp3) is 0.250. The van der Waals surface area contributed by atoms with E-state index in [1.165, 1.54) is 16.2 Å². The molecule has 0 saturated carbocycles. The first-order valence-corrected chi connectivity index (χ1v) is 8.41. The van der Waals surface area contributed by atoms with Crippen molar-refractivity contribution in [2.24, 2.45) is 0 Å². The highest BCUT2D eigenvalue weighted by atomic mass is 79.9. The molecule has 0 spiro atoms. The quantitative estimate of drug-likeness (QED) is 0.870. The van der Waals surface area contributed by atoms with Crippen LogP contribution in [0.25, 0.3) is 0 Å². The predicted octanol–water partition coefficient (Wildman–Crippen LogP) is 4.61. The highest BCUT2D eigenvalue weighted by Gasteiger charge is 2.13. The highest BCUT2D eigenvalue weighted by Crippen LogP contribution is 2.35. The van der Waals surface area contributed by atoms with Crippen LogP contribution < -0.4 is 10.1 Å². The predicted molar refractivity (Wildman–Crippen MR) is 87.8 cm³/mol. The number of hydrogen-bond acceptors (Lipinski definition) is 3. The summed E-state index contributed by atoms with van der Waals surface area (Å²) in [5.74, 6) is 3.02. The maximum atomic E-state index is 6.07. The van der Waals surface area contributed by atoms with Crippen molar-refractivity contribution in [2.45, 2.75) is 17.9 Å². The van der Waals surface area contributed by atoms with Gasteiger partial charge in [-0.1, -0.05) is 15.9 Å². The zero-order valence-electron chi connectivity index (χ0n) is 11.3. The van der Waals surface area contributed by atoms with E-state index in [9.17, 15) is 0 Å². The molecule has 0 amide bonds. The van der Waals surface area contributed by atoms with E-state index in [2.05, 4.69) is 45.5 Å². The fourth-order valence-electron chi connectivity index (χ4n) is 2.33. The molecule has 1 aliphatic heterocycles. The lowest BCUT2D eigenvalue weighted by molar-refractivity contribution is 0.473. The van der Waals surface area contributed by atoms with Gasteiger partial charge >= 0.3 is 0 Å². The van der Waals surface area contributed by atoms with Gasteiger partial charge in [-0.25, -0.2) is 0 Å². The average molecular weight is 350 g/mol. The van der Waals surface area contributed by atoms with E-state index in [1.54, 1.807) is 0 Å². The molecule has 3 rings (SSSR count). The monoisotopic (exact) mass is 349 g/mol. The lowest BCUT2D eigenvalue weighted by Crippen LogP contribution is -2.06. The zero-order valence-corrected chi connectivity index (χ0v) is 13.7. The summed E-state index contributed by atoms with van der Waals surface area (Å²) in [5, 5.41) is 3.17. The highest BCUT2D eigenvalue weighted by molar-refractivity contribution is 9.10. The molecule has 1 heterocycles. The molecule has 0 bridgehead atoms. The first kappa shape index (κ1) is 14.0. The van der Waals surface area contributed by atoms with Crippen molar-refractivity contribution in [2.75, 3.05) is 12.8 Å². The number of aryl methyl sites for hydroxylation is 1. The summed E-state index contributed by atoms with van der Waals surface area (Å²) in [7, 11) is 1.94. The van der Waals surface area contributed by atoms with Gasteiger partial charge in [0.05, 0.1) is 0 Å². The van der Waals surface area contributed by atoms with Crippen molar-refractivity contribution >= 4 is 27.7 Å². The normalized spacial score (nSPS) is 13.3. The third kappa shape index (κ3) is 3.03. The van der Waals surface area contributed by atoms with Crippen molar-refractivity contribution < 1.29 is 4.74 Å². The Balaban J connectivity index is 1.87. The van der Waals surface area contributed by atoms with E-state index >= 15 is 0 Å². The lowest BCUT2D eigenvalue weighted by atomic mass is 10.1. The Morgan fingerprint density at radius 2 is 2.15 bits per heavy atom. The Hall–Kier alpha value is -0.970. The number of fused-ring (bicyclic) bond motifs is 1. The van der Waals surface area contributed by atoms with Crippen molar-refractivity contribution in [3.8, 4) is 11.5 Å². The molecule has 1 aliphatic rings. The van der Waals surface area contributed by atoms with Crippen LogP contribution in [0.5, 0.6) is 11.5 Å². The molecule has 0 saturated heterocycles. The Labute approximate surface area is 132 Å². The van der Waals surface area contributed by atoms with E-state index in [0.29, 0.717) is 0 Å². The van der Waals surface area contributed by atoms with E-state index in [-0.39, 0.29) is 0 Å². The van der Waals surface area contributed by atoms with Gasteiger partial charge in [0.15, 0.2) is 0 Å². The number of ether oxygens (including phenoxy) is 1. The second kappa shape index (κ2) is 6.20. The molecular weight excluding hydrogens is 334 g/mol. The number of hydrogen-bond donors (Lipinski definition) is 1. The second-order valence-corrected chi connectivity index (χ2v) is 6.80. The average Bonchev–Trinajstić information content (AvgIpc) is 2.89. The number of thioether (sulfide) groups is 1. The largest absolute Gasteiger partial charge is 0.457 e. The second-order valence-electron chi connectivity index (χ2n) is 4.75. The summed E-state index contributed by atoms with van der Waals surface area (Å²) in [5.41, 5.74) is 2.55. The molecule has 0 fully saturated rings. The molecule has 4 heteroatoms. The maximum absolute atomic E-state index is 6.07. The number of benzene rings is 2. The third-order valence-corrected chi connectivity index (χ3v) is 4.89. The summed E-state index contributed by atoms with van der Waals surface area (Å²) in [6.07, 6.45) is 1.14. The molecular formula is C16H16BrNOS. The summed E-state index contributed by atoms with van der Waals surface area (Å²) in [4.78, 5) is 1.39. The van der Waals surface area contributed by atoms with Crippen LogP contribution in [0.3, 0.4) is 0 Å². The van der Waals surface area contributed by atoms with Crippen LogP contribution in [0.2, 0.25) is 0 Å². The number of nitrogens with one attached hydrogen (secondary N) is 1. The van der Waals surface area contributed by atoms with Crippen LogP contribution in [-0.2, 0) is 13.0 Å². The molecule has 2 nitrogen and oxygen atoms in total.